The maximum atomic E-state index is 14.0. The number of amides is 2. The number of carbonyl (C=O) groups excluding carboxylic acids is 2. The van der Waals surface area contributed by atoms with E-state index in [-0.39, 0.29) is 42.8 Å². The monoisotopic (exact) mass is 324 g/mol. The van der Waals surface area contributed by atoms with Gasteiger partial charge in [0.25, 0.3) is 5.91 Å². The van der Waals surface area contributed by atoms with Crippen molar-refractivity contribution < 1.29 is 28.6 Å². The molecule has 0 saturated carbocycles. The molecule has 1 aromatic carbocycles. The Balaban J connectivity index is 2.07. The molecule has 0 aromatic heterocycles. The van der Waals surface area contributed by atoms with E-state index in [9.17, 15) is 18.8 Å². The molecule has 2 N–H and O–H groups in total. The van der Waals surface area contributed by atoms with E-state index in [0.29, 0.717) is 6.54 Å². The number of hydrogen-bond donors (Lipinski definition) is 2. The second-order valence-electron chi connectivity index (χ2n) is 5.18. The minimum atomic E-state index is -1.26. The van der Waals surface area contributed by atoms with E-state index in [1.165, 1.54) is 24.0 Å². The Kier molecular flexibility index (Phi) is 5.28. The molecule has 0 radical (unpaired) electrons. The van der Waals surface area contributed by atoms with Crippen LogP contribution in [0.25, 0.3) is 0 Å². The summed E-state index contributed by atoms with van der Waals surface area (Å²) in [6, 6.07) is 3.18. The molecular weight excluding hydrogens is 307 g/mol. The van der Waals surface area contributed by atoms with Gasteiger partial charge in [-0.2, -0.15) is 0 Å². The number of rotatable bonds is 4. The quantitative estimate of drug-likeness (QED) is 0.841. The van der Waals surface area contributed by atoms with Crippen molar-refractivity contribution in [1.82, 2.24) is 10.2 Å². The molecule has 23 heavy (non-hydrogen) atoms. The highest BCUT2D eigenvalue weighted by Gasteiger charge is 2.27. The van der Waals surface area contributed by atoms with Gasteiger partial charge in [-0.25, -0.2) is 9.18 Å². The molecule has 1 aliphatic heterocycles. The van der Waals surface area contributed by atoms with Gasteiger partial charge < -0.3 is 20.1 Å². The Morgan fingerprint density at radius 2 is 2.17 bits per heavy atom. The third kappa shape index (κ3) is 4.26. The Labute approximate surface area is 132 Å². The molecule has 8 heteroatoms. The molecule has 0 spiro atoms. The topological polar surface area (TPSA) is 95.9 Å². The first-order chi connectivity index (χ1) is 10.9. The molecule has 2 amide bonds. The minimum Gasteiger partial charge on any atom is -0.478 e. The second kappa shape index (κ2) is 7.19. The van der Waals surface area contributed by atoms with Crippen LogP contribution in [0.5, 0.6) is 0 Å². The van der Waals surface area contributed by atoms with Gasteiger partial charge in [-0.15, -0.1) is 0 Å². The average molecular weight is 324 g/mol. The van der Waals surface area contributed by atoms with Gasteiger partial charge in [-0.3, -0.25) is 9.59 Å². The van der Waals surface area contributed by atoms with E-state index in [1.54, 1.807) is 0 Å². The van der Waals surface area contributed by atoms with Gasteiger partial charge in [0.1, 0.15) is 5.82 Å². The van der Waals surface area contributed by atoms with Gasteiger partial charge in [-0.1, -0.05) is 0 Å². The first-order valence-electron chi connectivity index (χ1n) is 7.06. The van der Waals surface area contributed by atoms with E-state index < -0.39 is 17.7 Å². The van der Waals surface area contributed by atoms with E-state index in [0.717, 1.165) is 6.07 Å². The first-order valence-corrected chi connectivity index (χ1v) is 7.06. The summed E-state index contributed by atoms with van der Waals surface area (Å²) in [7, 11) is 0. The Morgan fingerprint density at radius 1 is 1.43 bits per heavy atom. The van der Waals surface area contributed by atoms with Gasteiger partial charge in [0.05, 0.1) is 23.8 Å². The van der Waals surface area contributed by atoms with Gasteiger partial charge in [-0.05, 0) is 18.2 Å². The van der Waals surface area contributed by atoms with Gasteiger partial charge in [0.2, 0.25) is 5.91 Å². The third-order valence-corrected chi connectivity index (χ3v) is 3.45. The summed E-state index contributed by atoms with van der Waals surface area (Å²) in [4.78, 5) is 35.5. The van der Waals surface area contributed by atoms with Gasteiger partial charge >= 0.3 is 5.97 Å². The molecule has 1 heterocycles. The lowest BCUT2D eigenvalue weighted by Gasteiger charge is -2.33. The molecular formula is C15H17FN2O5. The number of aromatic carboxylic acids is 1. The number of ether oxygens (including phenoxy) is 1. The molecule has 0 aliphatic carbocycles. The zero-order chi connectivity index (χ0) is 17.0. The summed E-state index contributed by atoms with van der Waals surface area (Å²) < 4.78 is 19.4. The van der Waals surface area contributed by atoms with Crippen LogP contribution >= 0.6 is 0 Å². The van der Waals surface area contributed by atoms with Crippen LogP contribution in [0.4, 0.5) is 4.39 Å². The lowest BCUT2D eigenvalue weighted by atomic mass is 10.1. The third-order valence-electron chi connectivity index (χ3n) is 3.45. The van der Waals surface area contributed by atoms with Crippen molar-refractivity contribution >= 4 is 17.8 Å². The van der Waals surface area contributed by atoms with Crippen molar-refractivity contribution in [2.24, 2.45) is 0 Å². The van der Waals surface area contributed by atoms with Crippen molar-refractivity contribution in [3.05, 3.63) is 35.1 Å². The SMILES string of the molecule is CC(=O)NCC1CN(C(=O)c2ccc(C(=O)O)cc2F)CCO1. The number of carboxylic acids is 1. The van der Waals surface area contributed by atoms with Crippen molar-refractivity contribution in [3.63, 3.8) is 0 Å². The summed E-state index contributed by atoms with van der Waals surface area (Å²) in [6.45, 7) is 2.45. The van der Waals surface area contributed by atoms with Crippen molar-refractivity contribution in [1.29, 1.82) is 0 Å². The number of carboxylic acid groups (broad SMARTS) is 1. The average Bonchev–Trinajstić information content (AvgIpc) is 2.52. The number of benzene rings is 1. The summed E-state index contributed by atoms with van der Waals surface area (Å²) in [5, 5.41) is 11.4. The van der Waals surface area contributed by atoms with Crippen LogP contribution in [0.2, 0.25) is 0 Å². The molecule has 1 saturated heterocycles. The molecule has 2 rings (SSSR count). The number of nitrogens with zero attached hydrogens (tertiary/aromatic N) is 1. The lowest BCUT2D eigenvalue weighted by Crippen LogP contribution is -2.49. The normalized spacial score (nSPS) is 17.7. The fraction of sp³-hybridized carbons (Fsp3) is 0.400. The summed E-state index contributed by atoms with van der Waals surface area (Å²) in [5.41, 5.74) is -0.403. The van der Waals surface area contributed by atoms with Gasteiger partial charge in [0.15, 0.2) is 0 Å². The number of morpholine rings is 1. The Hall–Kier alpha value is -2.48. The summed E-state index contributed by atoms with van der Waals surface area (Å²) in [5.74, 6) is -2.87. The Morgan fingerprint density at radius 3 is 2.78 bits per heavy atom. The number of halogens is 1. The largest absolute Gasteiger partial charge is 0.478 e. The van der Waals surface area contributed by atoms with Gasteiger partial charge in [0, 0.05) is 26.6 Å². The predicted molar refractivity (Wildman–Crippen MR) is 77.7 cm³/mol. The molecule has 1 unspecified atom stereocenters. The van der Waals surface area contributed by atoms with Crippen LogP contribution in [-0.2, 0) is 9.53 Å². The van der Waals surface area contributed by atoms with E-state index in [4.69, 9.17) is 9.84 Å². The second-order valence-corrected chi connectivity index (χ2v) is 5.18. The van der Waals surface area contributed by atoms with Crippen LogP contribution < -0.4 is 5.32 Å². The first kappa shape index (κ1) is 16.9. The fourth-order valence-corrected chi connectivity index (χ4v) is 2.28. The zero-order valence-electron chi connectivity index (χ0n) is 12.5. The molecule has 124 valence electrons. The predicted octanol–water partition coefficient (Wildman–Crippen LogP) is 0.501. The highest BCUT2D eigenvalue weighted by atomic mass is 19.1. The lowest BCUT2D eigenvalue weighted by molar-refractivity contribution is -0.120. The van der Waals surface area contributed by atoms with E-state index in [2.05, 4.69) is 5.32 Å². The van der Waals surface area contributed by atoms with Crippen molar-refractivity contribution in [3.8, 4) is 0 Å². The number of carbonyl (C=O) groups is 3. The van der Waals surface area contributed by atoms with Crippen LogP contribution in [0.15, 0.2) is 18.2 Å². The maximum Gasteiger partial charge on any atom is 0.335 e. The minimum absolute atomic E-state index is 0.185. The summed E-state index contributed by atoms with van der Waals surface area (Å²) in [6.07, 6.45) is -0.363. The standard InChI is InChI=1S/C15H17FN2O5/c1-9(19)17-7-11-8-18(4-5-23-11)14(20)12-3-2-10(15(21)22)6-13(12)16/h2-3,6,11H,4-5,7-8H2,1H3,(H,17,19)(H,21,22). The highest BCUT2D eigenvalue weighted by molar-refractivity contribution is 5.96. The molecule has 1 atom stereocenters. The van der Waals surface area contributed by atoms with E-state index in [1.807, 2.05) is 0 Å². The van der Waals surface area contributed by atoms with Crippen molar-refractivity contribution in [2.45, 2.75) is 13.0 Å². The van der Waals surface area contributed by atoms with Crippen LogP contribution in [0.1, 0.15) is 27.6 Å². The van der Waals surface area contributed by atoms with Crippen LogP contribution in [-0.4, -0.2) is 60.1 Å². The number of nitrogens with one attached hydrogen (secondary N) is 1. The molecule has 7 nitrogen and oxygen atoms in total. The van der Waals surface area contributed by atoms with E-state index >= 15 is 0 Å². The fourth-order valence-electron chi connectivity index (χ4n) is 2.28. The highest BCUT2D eigenvalue weighted by Crippen LogP contribution is 2.15. The molecule has 0 bridgehead atoms. The van der Waals surface area contributed by atoms with Crippen molar-refractivity contribution in [2.75, 3.05) is 26.2 Å². The van der Waals surface area contributed by atoms with Crippen LogP contribution in [0.3, 0.4) is 0 Å². The van der Waals surface area contributed by atoms with Crippen LogP contribution in [0, 0.1) is 5.82 Å². The molecule has 1 fully saturated rings. The smallest absolute Gasteiger partial charge is 0.335 e. The zero-order valence-corrected chi connectivity index (χ0v) is 12.5. The molecule has 1 aliphatic rings. The Bertz CT molecular complexity index is 634. The maximum absolute atomic E-state index is 14.0. The molecule has 1 aromatic rings. The summed E-state index contributed by atoms with van der Waals surface area (Å²) >= 11 is 0. The number of hydrogen-bond acceptors (Lipinski definition) is 4.